The Hall–Kier alpha value is -1.38. The summed E-state index contributed by atoms with van der Waals surface area (Å²) in [6, 6.07) is 13.5. The highest BCUT2D eigenvalue weighted by Crippen LogP contribution is 2.44. The van der Waals surface area contributed by atoms with Crippen molar-refractivity contribution in [3.05, 3.63) is 53.3 Å². The number of halogens is 1. The van der Waals surface area contributed by atoms with E-state index < -0.39 is 0 Å². The molecule has 2 fully saturated rings. The van der Waals surface area contributed by atoms with Crippen molar-refractivity contribution < 1.29 is 0 Å². The molecule has 3 heteroatoms. The van der Waals surface area contributed by atoms with Gasteiger partial charge in [-0.3, -0.25) is 9.88 Å². The molecule has 2 bridgehead atoms. The summed E-state index contributed by atoms with van der Waals surface area (Å²) in [5.41, 5.74) is 3.35. The predicted molar refractivity (Wildman–Crippen MR) is 90.9 cm³/mol. The molecule has 1 aliphatic carbocycles. The normalized spacial score (nSPS) is 28.0. The molecule has 2 aliphatic rings. The Morgan fingerprint density at radius 1 is 1.09 bits per heavy atom. The standard InChI is InChI=1S/C19H21ClN2/c1-22-15-8-6-13(10-15)11-19(22)18-9-7-14(12-21-18)16-4-2-3-5-17(16)20/h2-5,7,9,12-13,15,19H,6,8,10-11H2,1H3. The third kappa shape index (κ3) is 2.45. The van der Waals surface area contributed by atoms with Crippen LogP contribution in [0.3, 0.4) is 0 Å². The van der Waals surface area contributed by atoms with Crippen molar-refractivity contribution in [1.82, 2.24) is 9.88 Å². The number of fused-ring (bicyclic) bond motifs is 2. The van der Waals surface area contributed by atoms with Crippen molar-refractivity contribution in [2.24, 2.45) is 5.92 Å². The summed E-state index contributed by atoms with van der Waals surface area (Å²) in [7, 11) is 2.26. The van der Waals surface area contributed by atoms with Gasteiger partial charge in [-0.25, -0.2) is 0 Å². The first-order valence-electron chi connectivity index (χ1n) is 8.15. The lowest BCUT2D eigenvalue weighted by molar-refractivity contribution is 0.116. The van der Waals surface area contributed by atoms with Gasteiger partial charge in [0.2, 0.25) is 0 Å². The van der Waals surface area contributed by atoms with Gasteiger partial charge in [0.1, 0.15) is 0 Å². The summed E-state index contributed by atoms with van der Waals surface area (Å²) in [6.07, 6.45) is 7.36. The molecule has 4 rings (SSSR count). The van der Waals surface area contributed by atoms with Gasteiger partial charge in [-0.05, 0) is 50.8 Å². The molecule has 0 spiro atoms. The van der Waals surface area contributed by atoms with Crippen molar-refractivity contribution in [3.8, 4) is 11.1 Å². The van der Waals surface area contributed by atoms with Crippen molar-refractivity contribution >= 4 is 11.6 Å². The molecule has 0 N–H and O–H groups in total. The second kappa shape index (κ2) is 5.68. The Morgan fingerprint density at radius 3 is 2.73 bits per heavy atom. The molecule has 3 atom stereocenters. The minimum atomic E-state index is 0.478. The van der Waals surface area contributed by atoms with E-state index in [0.29, 0.717) is 6.04 Å². The monoisotopic (exact) mass is 312 g/mol. The number of likely N-dealkylation sites (tertiary alicyclic amines) is 1. The van der Waals surface area contributed by atoms with E-state index in [1.165, 1.54) is 31.4 Å². The first-order valence-corrected chi connectivity index (χ1v) is 8.53. The first-order chi connectivity index (χ1) is 10.7. The van der Waals surface area contributed by atoms with Crippen molar-refractivity contribution in [2.45, 2.75) is 37.8 Å². The average molecular weight is 313 g/mol. The van der Waals surface area contributed by atoms with Gasteiger partial charge in [0.05, 0.1) is 11.7 Å². The van der Waals surface area contributed by atoms with E-state index in [9.17, 15) is 0 Å². The van der Waals surface area contributed by atoms with Gasteiger partial charge in [0.25, 0.3) is 0 Å². The highest BCUT2D eigenvalue weighted by Gasteiger charge is 2.38. The largest absolute Gasteiger partial charge is 0.295 e. The van der Waals surface area contributed by atoms with Crippen LogP contribution in [0.5, 0.6) is 0 Å². The highest BCUT2D eigenvalue weighted by molar-refractivity contribution is 6.33. The molecule has 1 aliphatic heterocycles. The number of benzene rings is 1. The summed E-state index contributed by atoms with van der Waals surface area (Å²) in [5.74, 6) is 0.899. The third-order valence-corrected chi connectivity index (χ3v) is 5.78. The van der Waals surface area contributed by atoms with E-state index in [4.69, 9.17) is 16.6 Å². The number of piperidine rings is 1. The second-order valence-corrected chi connectivity index (χ2v) is 7.11. The first kappa shape index (κ1) is 14.2. The SMILES string of the molecule is CN1C2CCC(C2)CC1c1ccc(-c2ccccc2Cl)cn1. The fourth-order valence-corrected chi connectivity index (χ4v) is 4.40. The molecule has 1 aromatic heterocycles. The van der Waals surface area contributed by atoms with Crippen molar-refractivity contribution in [2.75, 3.05) is 7.05 Å². The number of hydrogen-bond donors (Lipinski definition) is 0. The van der Waals surface area contributed by atoms with Crippen LogP contribution in [0.15, 0.2) is 42.6 Å². The zero-order valence-electron chi connectivity index (χ0n) is 12.9. The minimum Gasteiger partial charge on any atom is -0.295 e. The summed E-state index contributed by atoms with van der Waals surface area (Å²) in [6.45, 7) is 0. The lowest BCUT2D eigenvalue weighted by Crippen LogP contribution is -2.37. The smallest absolute Gasteiger partial charge is 0.0575 e. The summed E-state index contributed by atoms with van der Waals surface area (Å²) >= 11 is 6.28. The van der Waals surface area contributed by atoms with Gasteiger partial charge >= 0.3 is 0 Å². The van der Waals surface area contributed by atoms with Crippen LogP contribution < -0.4 is 0 Å². The van der Waals surface area contributed by atoms with Crippen LogP contribution in [-0.4, -0.2) is 23.0 Å². The lowest BCUT2D eigenvalue weighted by atomic mass is 9.90. The van der Waals surface area contributed by atoms with Gasteiger partial charge in [-0.1, -0.05) is 35.9 Å². The maximum atomic E-state index is 6.28. The molecule has 1 saturated carbocycles. The van der Waals surface area contributed by atoms with Gasteiger partial charge in [-0.2, -0.15) is 0 Å². The molecule has 0 radical (unpaired) electrons. The fraction of sp³-hybridized carbons (Fsp3) is 0.421. The Morgan fingerprint density at radius 2 is 1.95 bits per heavy atom. The van der Waals surface area contributed by atoms with Gasteiger partial charge in [0.15, 0.2) is 0 Å². The van der Waals surface area contributed by atoms with Crippen LogP contribution in [0, 0.1) is 5.92 Å². The Bertz CT molecular complexity index is 667. The van der Waals surface area contributed by atoms with Gasteiger partial charge in [0, 0.05) is 28.4 Å². The van der Waals surface area contributed by atoms with Crippen LogP contribution in [0.1, 0.15) is 37.4 Å². The number of aromatic nitrogens is 1. The van der Waals surface area contributed by atoms with Crippen LogP contribution in [0.4, 0.5) is 0 Å². The Labute approximate surface area is 137 Å². The number of rotatable bonds is 2. The molecular weight excluding hydrogens is 292 g/mol. The second-order valence-electron chi connectivity index (χ2n) is 6.70. The predicted octanol–water partition coefficient (Wildman–Crippen LogP) is 4.95. The van der Waals surface area contributed by atoms with Crippen LogP contribution >= 0.6 is 11.6 Å². The molecule has 22 heavy (non-hydrogen) atoms. The van der Waals surface area contributed by atoms with Crippen LogP contribution in [0.2, 0.25) is 5.02 Å². The molecule has 2 heterocycles. The summed E-state index contributed by atoms with van der Waals surface area (Å²) < 4.78 is 0. The average Bonchev–Trinajstić information content (AvgIpc) is 2.96. The molecule has 1 aromatic carbocycles. The zero-order chi connectivity index (χ0) is 15.1. The molecule has 2 aromatic rings. The topological polar surface area (TPSA) is 16.1 Å². The number of nitrogens with zero attached hydrogens (tertiary/aromatic N) is 2. The van der Waals surface area contributed by atoms with Crippen LogP contribution in [0.25, 0.3) is 11.1 Å². The van der Waals surface area contributed by atoms with E-state index in [0.717, 1.165) is 28.1 Å². The Balaban J connectivity index is 1.61. The van der Waals surface area contributed by atoms with E-state index in [1.54, 1.807) is 0 Å². The minimum absolute atomic E-state index is 0.478. The van der Waals surface area contributed by atoms with Crippen molar-refractivity contribution in [3.63, 3.8) is 0 Å². The number of pyridine rings is 1. The summed E-state index contributed by atoms with van der Waals surface area (Å²) in [4.78, 5) is 7.31. The fourth-order valence-electron chi connectivity index (χ4n) is 4.16. The molecule has 1 saturated heterocycles. The van der Waals surface area contributed by atoms with E-state index in [1.807, 2.05) is 30.5 Å². The molecule has 114 valence electrons. The summed E-state index contributed by atoms with van der Waals surface area (Å²) in [5, 5.41) is 0.782. The molecule has 3 unspecified atom stereocenters. The van der Waals surface area contributed by atoms with E-state index in [2.05, 4.69) is 24.1 Å². The quantitative estimate of drug-likeness (QED) is 0.780. The zero-order valence-corrected chi connectivity index (χ0v) is 13.6. The van der Waals surface area contributed by atoms with Gasteiger partial charge in [-0.15, -0.1) is 0 Å². The maximum Gasteiger partial charge on any atom is 0.0575 e. The Kier molecular flexibility index (Phi) is 3.67. The van der Waals surface area contributed by atoms with E-state index >= 15 is 0 Å². The van der Waals surface area contributed by atoms with Crippen LogP contribution in [-0.2, 0) is 0 Å². The molecule has 0 amide bonds. The third-order valence-electron chi connectivity index (χ3n) is 5.45. The molecule has 2 nitrogen and oxygen atoms in total. The van der Waals surface area contributed by atoms with Gasteiger partial charge < -0.3 is 0 Å². The maximum absolute atomic E-state index is 6.28. The number of hydrogen-bond acceptors (Lipinski definition) is 2. The highest BCUT2D eigenvalue weighted by atomic mass is 35.5. The van der Waals surface area contributed by atoms with E-state index in [-0.39, 0.29) is 0 Å². The molecular formula is C19H21ClN2. The lowest BCUT2D eigenvalue weighted by Gasteiger charge is -2.37. The van der Waals surface area contributed by atoms with Crippen molar-refractivity contribution in [1.29, 1.82) is 0 Å².